The van der Waals surface area contributed by atoms with Crippen LogP contribution in [0, 0.1) is 6.92 Å². The van der Waals surface area contributed by atoms with Crippen molar-refractivity contribution in [3.63, 3.8) is 0 Å². The highest BCUT2D eigenvalue weighted by Crippen LogP contribution is 2.30. The predicted molar refractivity (Wildman–Crippen MR) is 70.5 cm³/mol. The lowest BCUT2D eigenvalue weighted by atomic mass is 10.1. The minimum absolute atomic E-state index is 0.0606. The zero-order chi connectivity index (χ0) is 12.0. The van der Waals surface area contributed by atoms with E-state index in [-0.39, 0.29) is 5.91 Å². The molecule has 3 rings (SSSR count). The van der Waals surface area contributed by atoms with E-state index in [9.17, 15) is 4.79 Å². The van der Waals surface area contributed by atoms with Gasteiger partial charge >= 0.3 is 0 Å². The monoisotopic (exact) mass is 223 g/mol. The van der Waals surface area contributed by atoms with Crippen LogP contribution in [0.2, 0.25) is 0 Å². The Labute approximate surface area is 99.5 Å². The minimum Gasteiger partial charge on any atom is -0.280 e. The Hall–Kier alpha value is -2.09. The number of rotatable bonds is 0. The van der Waals surface area contributed by atoms with Crippen molar-refractivity contribution in [2.24, 2.45) is 0 Å². The summed E-state index contributed by atoms with van der Waals surface area (Å²) in [6, 6.07) is 14.2. The largest absolute Gasteiger partial charge is 0.280 e. The number of aromatic nitrogens is 1. The van der Waals surface area contributed by atoms with Crippen LogP contribution in [0.1, 0.15) is 17.3 Å². The molecule has 0 aliphatic carbocycles. The van der Waals surface area contributed by atoms with Crippen LogP contribution < -0.4 is 0 Å². The summed E-state index contributed by atoms with van der Waals surface area (Å²) in [5.74, 6) is 0.0606. The fraction of sp³-hybridized carbons (Fsp3) is 0.133. The topological polar surface area (TPSA) is 22.0 Å². The third kappa shape index (κ3) is 1.30. The summed E-state index contributed by atoms with van der Waals surface area (Å²) >= 11 is 0. The van der Waals surface area contributed by atoms with Gasteiger partial charge < -0.3 is 0 Å². The maximum atomic E-state index is 11.8. The van der Waals surface area contributed by atoms with Crippen LogP contribution in [-0.4, -0.2) is 10.5 Å². The van der Waals surface area contributed by atoms with E-state index in [1.54, 1.807) is 11.5 Å². The van der Waals surface area contributed by atoms with E-state index in [0.29, 0.717) is 0 Å². The fourth-order valence-corrected chi connectivity index (χ4v) is 2.52. The van der Waals surface area contributed by atoms with Crippen molar-refractivity contribution in [1.29, 1.82) is 0 Å². The maximum absolute atomic E-state index is 11.8. The molecule has 84 valence electrons. The van der Waals surface area contributed by atoms with Gasteiger partial charge in [0.1, 0.15) is 0 Å². The van der Waals surface area contributed by atoms with Crippen molar-refractivity contribution >= 4 is 27.7 Å². The molecule has 2 nitrogen and oxygen atoms in total. The molecule has 1 heterocycles. The number of hydrogen-bond acceptors (Lipinski definition) is 1. The molecular formula is C15H13NO. The molecule has 0 radical (unpaired) electrons. The number of nitrogens with zero attached hydrogens (tertiary/aromatic N) is 1. The van der Waals surface area contributed by atoms with E-state index in [1.165, 1.54) is 0 Å². The Bertz CT molecular complexity index is 737. The van der Waals surface area contributed by atoms with Gasteiger partial charge in [-0.3, -0.25) is 9.36 Å². The van der Waals surface area contributed by atoms with Crippen molar-refractivity contribution in [1.82, 2.24) is 4.57 Å². The number of aryl methyl sites for hydroxylation is 1. The molecule has 0 bridgehead atoms. The SMILES string of the molecule is CC(=O)n1c2ccccc2c2cccc(C)c21. The lowest BCUT2D eigenvalue weighted by Crippen LogP contribution is -2.05. The van der Waals surface area contributed by atoms with E-state index >= 15 is 0 Å². The lowest BCUT2D eigenvalue weighted by molar-refractivity contribution is 0.0946. The van der Waals surface area contributed by atoms with E-state index in [4.69, 9.17) is 0 Å². The summed E-state index contributed by atoms with van der Waals surface area (Å²) in [7, 11) is 0. The number of carbonyl (C=O) groups excluding carboxylic acids is 1. The Kier molecular flexibility index (Phi) is 2.05. The number of benzene rings is 2. The molecule has 2 heteroatoms. The second kappa shape index (κ2) is 3.45. The van der Waals surface area contributed by atoms with Crippen molar-refractivity contribution < 1.29 is 4.79 Å². The molecular weight excluding hydrogens is 210 g/mol. The number of fused-ring (bicyclic) bond motifs is 3. The molecule has 0 spiro atoms. The van der Waals surface area contributed by atoms with Crippen molar-refractivity contribution in [2.45, 2.75) is 13.8 Å². The number of hydrogen-bond donors (Lipinski definition) is 0. The quantitative estimate of drug-likeness (QED) is 0.568. The summed E-state index contributed by atoms with van der Waals surface area (Å²) in [6.07, 6.45) is 0. The molecule has 0 fully saturated rings. The van der Waals surface area contributed by atoms with Gasteiger partial charge in [0.2, 0.25) is 5.91 Å². The zero-order valence-corrected chi connectivity index (χ0v) is 9.90. The maximum Gasteiger partial charge on any atom is 0.228 e. The fourth-order valence-electron chi connectivity index (χ4n) is 2.52. The van der Waals surface area contributed by atoms with Gasteiger partial charge in [0.15, 0.2) is 0 Å². The lowest BCUT2D eigenvalue weighted by Gasteiger charge is -2.03. The highest BCUT2D eigenvalue weighted by atomic mass is 16.1. The summed E-state index contributed by atoms with van der Waals surface area (Å²) in [4.78, 5) is 11.8. The molecule has 0 atom stereocenters. The second-order valence-electron chi connectivity index (χ2n) is 4.34. The van der Waals surface area contributed by atoms with Gasteiger partial charge in [-0.15, -0.1) is 0 Å². The van der Waals surface area contributed by atoms with E-state index < -0.39 is 0 Å². The second-order valence-corrected chi connectivity index (χ2v) is 4.34. The highest BCUT2D eigenvalue weighted by Gasteiger charge is 2.13. The molecule has 0 aliphatic heterocycles. The Morgan fingerprint density at radius 1 is 1.00 bits per heavy atom. The summed E-state index contributed by atoms with van der Waals surface area (Å²) in [5, 5.41) is 2.29. The van der Waals surface area contributed by atoms with Crippen LogP contribution in [0.4, 0.5) is 0 Å². The van der Waals surface area contributed by atoms with E-state index in [2.05, 4.69) is 12.1 Å². The van der Waals surface area contributed by atoms with Gasteiger partial charge in [-0.1, -0.05) is 36.4 Å². The normalized spacial score (nSPS) is 11.2. The van der Waals surface area contributed by atoms with Crippen molar-refractivity contribution in [2.75, 3.05) is 0 Å². The van der Waals surface area contributed by atoms with Gasteiger partial charge in [-0.2, -0.15) is 0 Å². The van der Waals surface area contributed by atoms with Crippen LogP contribution >= 0.6 is 0 Å². The Morgan fingerprint density at radius 3 is 2.47 bits per heavy atom. The summed E-state index contributed by atoms with van der Waals surface area (Å²) < 4.78 is 1.81. The smallest absolute Gasteiger partial charge is 0.228 e. The Morgan fingerprint density at radius 2 is 1.71 bits per heavy atom. The molecule has 0 saturated heterocycles. The zero-order valence-electron chi connectivity index (χ0n) is 9.90. The molecule has 1 aromatic heterocycles. The molecule has 0 amide bonds. The average Bonchev–Trinajstić information content (AvgIpc) is 2.65. The number of carbonyl (C=O) groups is 1. The van der Waals surface area contributed by atoms with Gasteiger partial charge in [0, 0.05) is 17.7 Å². The van der Waals surface area contributed by atoms with Crippen molar-refractivity contribution in [3.8, 4) is 0 Å². The summed E-state index contributed by atoms with van der Waals surface area (Å²) in [6.45, 7) is 3.65. The first-order valence-electron chi connectivity index (χ1n) is 5.70. The number of para-hydroxylation sites is 2. The minimum atomic E-state index is 0.0606. The predicted octanol–water partition coefficient (Wildman–Crippen LogP) is 3.76. The van der Waals surface area contributed by atoms with Gasteiger partial charge in [-0.05, 0) is 18.6 Å². The third-order valence-corrected chi connectivity index (χ3v) is 3.21. The van der Waals surface area contributed by atoms with Crippen LogP contribution in [0.25, 0.3) is 21.8 Å². The Balaban J connectivity index is 2.68. The average molecular weight is 223 g/mol. The van der Waals surface area contributed by atoms with Crippen LogP contribution in [0.5, 0.6) is 0 Å². The van der Waals surface area contributed by atoms with Gasteiger partial charge in [0.05, 0.1) is 11.0 Å². The van der Waals surface area contributed by atoms with E-state index in [1.807, 2.05) is 37.3 Å². The molecule has 2 aromatic carbocycles. The van der Waals surface area contributed by atoms with Crippen molar-refractivity contribution in [3.05, 3.63) is 48.0 Å². The highest BCUT2D eigenvalue weighted by molar-refractivity contribution is 6.13. The molecule has 0 aliphatic rings. The molecule has 17 heavy (non-hydrogen) atoms. The van der Waals surface area contributed by atoms with Crippen LogP contribution in [-0.2, 0) is 0 Å². The van der Waals surface area contributed by atoms with E-state index in [0.717, 1.165) is 27.4 Å². The third-order valence-electron chi connectivity index (χ3n) is 3.21. The van der Waals surface area contributed by atoms with Crippen LogP contribution in [0.15, 0.2) is 42.5 Å². The summed E-state index contributed by atoms with van der Waals surface area (Å²) in [5.41, 5.74) is 3.15. The van der Waals surface area contributed by atoms with Gasteiger partial charge in [0.25, 0.3) is 0 Å². The first-order chi connectivity index (χ1) is 8.20. The molecule has 3 aromatic rings. The van der Waals surface area contributed by atoms with Gasteiger partial charge in [-0.25, -0.2) is 0 Å². The molecule has 0 saturated carbocycles. The first-order valence-corrected chi connectivity index (χ1v) is 5.70. The molecule has 0 unspecified atom stereocenters. The first kappa shape index (κ1) is 10.1. The molecule has 0 N–H and O–H groups in total. The van der Waals surface area contributed by atoms with Crippen LogP contribution in [0.3, 0.4) is 0 Å². The standard InChI is InChI=1S/C15H13NO/c1-10-6-5-8-13-12-7-3-4-9-14(12)16(11(2)17)15(10)13/h3-9H,1-2H3.